The lowest BCUT2D eigenvalue weighted by molar-refractivity contribution is 0.1000. The highest BCUT2D eigenvalue weighted by Gasteiger charge is 2.09. The van der Waals surface area contributed by atoms with Gasteiger partial charge in [0.15, 0.2) is 0 Å². The molecule has 0 radical (unpaired) electrons. The van der Waals surface area contributed by atoms with E-state index in [1.165, 1.54) is 6.20 Å². The summed E-state index contributed by atoms with van der Waals surface area (Å²) in [6.45, 7) is 0. The minimum Gasteiger partial charge on any atom is -0.497 e. The highest BCUT2D eigenvalue weighted by atomic mass is 16.5. The zero-order valence-corrected chi connectivity index (χ0v) is 11.4. The van der Waals surface area contributed by atoms with E-state index in [9.17, 15) is 4.79 Å². The quantitative estimate of drug-likeness (QED) is 0.798. The molecule has 0 unspecified atom stereocenters. The Labute approximate surface area is 121 Å². The number of ether oxygens (including phenoxy) is 1. The number of carbonyl (C=O) groups excluding carboxylic acids is 1. The number of hydrogen-bond donors (Lipinski definition) is 1. The Bertz CT molecular complexity index is 831. The molecule has 5 nitrogen and oxygen atoms in total. The summed E-state index contributed by atoms with van der Waals surface area (Å²) < 4.78 is 5.24. The summed E-state index contributed by atoms with van der Waals surface area (Å²) >= 11 is 0. The Morgan fingerprint density at radius 2 is 2.05 bits per heavy atom. The normalized spacial score (nSPS) is 10.5. The Kier molecular flexibility index (Phi) is 3.23. The number of rotatable bonds is 3. The molecule has 0 aliphatic heterocycles. The van der Waals surface area contributed by atoms with E-state index >= 15 is 0 Å². The lowest BCUT2D eigenvalue weighted by Crippen LogP contribution is -2.11. The van der Waals surface area contributed by atoms with Gasteiger partial charge in [-0.2, -0.15) is 0 Å². The predicted octanol–water partition coefficient (Wildman–Crippen LogP) is 2.40. The second-order valence-electron chi connectivity index (χ2n) is 4.57. The fraction of sp³-hybridized carbons (Fsp3) is 0.0625. The largest absolute Gasteiger partial charge is 0.497 e. The average molecular weight is 279 g/mol. The smallest absolute Gasteiger partial charge is 0.250 e. The molecule has 1 aromatic carbocycles. The number of benzene rings is 1. The van der Waals surface area contributed by atoms with E-state index in [1.807, 2.05) is 24.3 Å². The number of methoxy groups -OCH3 is 1. The van der Waals surface area contributed by atoms with Crippen molar-refractivity contribution in [3.05, 3.63) is 54.5 Å². The molecule has 104 valence electrons. The van der Waals surface area contributed by atoms with Crippen molar-refractivity contribution in [1.29, 1.82) is 0 Å². The van der Waals surface area contributed by atoms with Crippen LogP contribution in [0.1, 0.15) is 10.4 Å². The van der Waals surface area contributed by atoms with Gasteiger partial charge >= 0.3 is 0 Å². The van der Waals surface area contributed by atoms with E-state index in [2.05, 4.69) is 9.97 Å². The first kappa shape index (κ1) is 13.1. The molecule has 3 aromatic rings. The Balaban J connectivity index is 2.25. The molecule has 0 spiro atoms. The maximum atomic E-state index is 11.3. The van der Waals surface area contributed by atoms with Crippen molar-refractivity contribution in [2.24, 2.45) is 5.73 Å². The Morgan fingerprint density at radius 1 is 1.19 bits per heavy atom. The van der Waals surface area contributed by atoms with E-state index in [1.54, 1.807) is 25.6 Å². The lowest BCUT2D eigenvalue weighted by Gasteiger charge is -2.08. The Hall–Kier alpha value is -2.95. The van der Waals surface area contributed by atoms with Gasteiger partial charge in [-0.3, -0.25) is 14.8 Å². The zero-order chi connectivity index (χ0) is 14.8. The van der Waals surface area contributed by atoms with Crippen molar-refractivity contribution in [1.82, 2.24) is 9.97 Å². The number of aromatic nitrogens is 2. The summed E-state index contributed by atoms with van der Waals surface area (Å²) in [7, 11) is 1.62. The number of nitrogens with zero attached hydrogens (tertiary/aromatic N) is 2. The summed E-state index contributed by atoms with van der Waals surface area (Å²) in [5.74, 6) is 0.251. The van der Waals surface area contributed by atoms with Crippen molar-refractivity contribution in [3.63, 3.8) is 0 Å². The molecule has 2 N–H and O–H groups in total. The van der Waals surface area contributed by atoms with Gasteiger partial charge in [0.25, 0.3) is 0 Å². The molecular formula is C16H13N3O2. The fourth-order valence-corrected chi connectivity index (χ4v) is 2.20. The van der Waals surface area contributed by atoms with E-state index in [0.717, 1.165) is 22.3 Å². The van der Waals surface area contributed by atoms with Gasteiger partial charge in [0.05, 0.1) is 24.4 Å². The monoisotopic (exact) mass is 279 g/mol. The standard InChI is InChI=1S/C16H13N3O2/c1-21-12-4-2-3-10(5-12)14-8-18-9-15-13(14)6-11(7-19-15)16(17)20/h2-9H,1H3,(H2,17,20). The predicted molar refractivity (Wildman–Crippen MR) is 80.0 cm³/mol. The molecule has 0 aliphatic rings. The van der Waals surface area contributed by atoms with E-state index in [0.29, 0.717) is 11.1 Å². The third kappa shape index (κ3) is 2.41. The number of nitrogens with two attached hydrogens (primary N) is 1. The lowest BCUT2D eigenvalue weighted by atomic mass is 10.0. The second kappa shape index (κ2) is 5.20. The molecule has 21 heavy (non-hydrogen) atoms. The van der Waals surface area contributed by atoms with Gasteiger partial charge in [0.1, 0.15) is 5.75 Å². The minimum atomic E-state index is -0.502. The third-order valence-electron chi connectivity index (χ3n) is 3.27. The summed E-state index contributed by atoms with van der Waals surface area (Å²) in [6, 6.07) is 9.37. The second-order valence-corrected chi connectivity index (χ2v) is 4.57. The van der Waals surface area contributed by atoms with Gasteiger partial charge in [-0.25, -0.2) is 0 Å². The van der Waals surface area contributed by atoms with Gasteiger partial charge in [0.2, 0.25) is 5.91 Å². The molecule has 5 heteroatoms. The molecule has 0 saturated heterocycles. The number of hydrogen-bond acceptors (Lipinski definition) is 4. The molecule has 3 rings (SSSR count). The van der Waals surface area contributed by atoms with Crippen LogP contribution in [0.3, 0.4) is 0 Å². The molecule has 0 fully saturated rings. The fourth-order valence-electron chi connectivity index (χ4n) is 2.20. The van der Waals surface area contributed by atoms with E-state index < -0.39 is 5.91 Å². The highest BCUT2D eigenvalue weighted by Crippen LogP contribution is 2.29. The van der Waals surface area contributed by atoms with Crippen LogP contribution in [-0.2, 0) is 0 Å². The Morgan fingerprint density at radius 3 is 2.81 bits per heavy atom. The average Bonchev–Trinajstić information content (AvgIpc) is 2.53. The van der Waals surface area contributed by atoms with Crippen molar-refractivity contribution in [2.45, 2.75) is 0 Å². The number of pyridine rings is 2. The van der Waals surface area contributed by atoms with Gasteiger partial charge in [-0.15, -0.1) is 0 Å². The first-order valence-corrected chi connectivity index (χ1v) is 6.37. The van der Waals surface area contributed by atoms with Crippen molar-refractivity contribution >= 4 is 16.8 Å². The SMILES string of the molecule is COc1cccc(-c2cncc3ncc(C(N)=O)cc23)c1. The maximum absolute atomic E-state index is 11.3. The van der Waals surface area contributed by atoms with Crippen LogP contribution in [0.4, 0.5) is 0 Å². The molecule has 1 amide bonds. The highest BCUT2D eigenvalue weighted by molar-refractivity contribution is 6.00. The van der Waals surface area contributed by atoms with Crippen LogP contribution in [0, 0.1) is 0 Å². The molecule has 0 bridgehead atoms. The maximum Gasteiger partial charge on any atom is 0.250 e. The van der Waals surface area contributed by atoms with Crippen molar-refractivity contribution < 1.29 is 9.53 Å². The van der Waals surface area contributed by atoms with Gasteiger partial charge in [-0.05, 0) is 23.8 Å². The van der Waals surface area contributed by atoms with E-state index in [4.69, 9.17) is 10.5 Å². The molecule has 0 atom stereocenters. The van der Waals surface area contributed by atoms with Crippen LogP contribution < -0.4 is 10.5 Å². The number of amides is 1. The van der Waals surface area contributed by atoms with Gasteiger partial charge < -0.3 is 10.5 Å². The molecule has 2 aromatic heterocycles. The van der Waals surface area contributed by atoms with Crippen LogP contribution in [-0.4, -0.2) is 23.0 Å². The molecule has 2 heterocycles. The number of carbonyl (C=O) groups is 1. The first-order valence-electron chi connectivity index (χ1n) is 6.37. The van der Waals surface area contributed by atoms with E-state index in [-0.39, 0.29) is 0 Å². The zero-order valence-electron chi connectivity index (χ0n) is 11.4. The number of fused-ring (bicyclic) bond motifs is 1. The van der Waals surface area contributed by atoms with Crippen LogP contribution in [0.5, 0.6) is 5.75 Å². The van der Waals surface area contributed by atoms with Gasteiger partial charge in [0, 0.05) is 23.3 Å². The topological polar surface area (TPSA) is 78.1 Å². The summed E-state index contributed by atoms with van der Waals surface area (Å²) in [4.78, 5) is 19.8. The van der Waals surface area contributed by atoms with Crippen molar-refractivity contribution in [3.8, 4) is 16.9 Å². The van der Waals surface area contributed by atoms with Gasteiger partial charge in [-0.1, -0.05) is 12.1 Å². The first-order chi connectivity index (χ1) is 10.2. The summed E-state index contributed by atoms with van der Waals surface area (Å²) in [6.07, 6.45) is 4.86. The molecule has 0 saturated carbocycles. The van der Waals surface area contributed by atoms with Crippen LogP contribution in [0.15, 0.2) is 48.9 Å². The number of primary amides is 1. The minimum absolute atomic E-state index is 0.373. The summed E-state index contributed by atoms with van der Waals surface area (Å²) in [5, 5.41) is 0.828. The van der Waals surface area contributed by atoms with Crippen LogP contribution in [0.2, 0.25) is 0 Å². The summed E-state index contributed by atoms with van der Waals surface area (Å²) in [5.41, 5.74) is 8.22. The van der Waals surface area contributed by atoms with Crippen LogP contribution in [0.25, 0.3) is 22.0 Å². The third-order valence-corrected chi connectivity index (χ3v) is 3.27. The molecular weight excluding hydrogens is 266 g/mol. The molecule has 0 aliphatic carbocycles. The van der Waals surface area contributed by atoms with Crippen molar-refractivity contribution in [2.75, 3.05) is 7.11 Å². The van der Waals surface area contributed by atoms with Crippen LogP contribution >= 0.6 is 0 Å².